The van der Waals surface area contributed by atoms with Gasteiger partial charge in [0.15, 0.2) is 0 Å². The van der Waals surface area contributed by atoms with E-state index in [1.54, 1.807) is 7.11 Å². The molecule has 2 fully saturated rings. The number of methoxy groups -OCH3 is 1. The second kappa shape index (κ2) is 8.05. The molecular formula is C20H29ClN2O3. The zero-order valence-corrected chi connectivity index (χ0v) is 16.1. The lowest BCUT2D eigenvalue weighted by molar-refractivity contribution is -0.128. The average Bonchev–Trinajstić information content (AvgIpc) is 2.61. The maximum absolute atomic E-state index is 12.9. The van der Waals surface area contributed by atoms with Crippen LogP contribution < -0.4 is 20.5 Å². The number of fused-ring (bicyclic) bond motifs is 3. The number of benzene rings is 1. The number of amides is 1. The summed E-state index contributed by atoms with van der Waals surface area (Å²) in [5.74, 6) is 2.76. The van der Waals surface area contributed by atoms with Gasteiger partial charge in [-0.1, -0.05) is 6.42 Å². The molecule has 1 heterocycles. The van der Waals surface area contributed by atoms with Gasteiger partial charge < -0.3 is 20.5 Å². The lowest BCUT2D eigenvalue weighted by Crippen LogP contribution is -2.55. The number of hydrogen-bond acceptors (Lipinski definition) is 4. The fourth-order valence-corrected chi connectivity index (χ4v) is 4.97. The quantitative estimate of drug-likeness (QED) is 0.845. The molecule has 5 nitrogen and oxygen atoms in total. The van der Waals surface area contributed by atoms with Crippen molar-refractivity contribution in [1.29, 1.82) is 0 Å². The summed E-state index contributed by atoms with van der Waals surface area (Å²) in [7, 11) is 1.65. The molecule has 2 saturated carbocycles. The molecule has 6 heteroatoms. The molecule has 3 N–H and O–H groups in total. The van der Waals surface area contributed by atoms with Gasteiger partial charge in [0.1, 0.15) is 18.1 Å². The number of halogens is 1. The van der Waals surface area contributed by atoms with E-state index in [9.17, 15) is 4.79 Å². The number of rotatable bonds is 3. The normalized spacial score (nSPS) is 32.5. The van der Waals surface area contributed by atoms with Crippen molar-refractivity contribution in [2.45, 2.75) is 50.6 Å². The van der Waals surface area contributed by atoms with Crippen molar-refractivity contribution >= 4 is 18.3 Å². The smallest absolute Gasteiger partial charge is 0.227 e. The van der Waals surface area contributed by atoms with Crippen LogP contribution in [0.2, 0.25) is 0 Å². The highest BCUT2D eigenvalue weighted by molar-refractivity contribution is 5.85. The molecule has 2 aliphatic carbocycles. The molecule has 4 rings (SSSR count). The van der Waals surface area contributed by atoms with E-state index in [4.69, 9.17) is 15.2 Å². The number of ether oxygens (including phenoxy) is 2. The van der Waals surface area contributed by atoms with Gasteiger partial charge in [-0.2, -0.15) is 0 Å². The minimum Gasteiger partial charge on any atom is -0.497 e. The second-order valence-corrected chi connectivity index (χ2v) is 7.90. The van der Waals surface area contributed by atoms with Crippen LogP contribution in [0.4, 0.5) is 0 Å². The molecule has 3 unspecified atom stereocenters. The third-order valence-electron chi connectivity index (χ3n) is 6.23. The Kier molecular flexibility index (Phi) is 5.98. The minimum absolute atomic E-state index is 0. The van der Waals surface area contributed by atoms with Gasteiger partial charge in [-0.25, -0.2) is 0 Å². The Balaban J connectivity index is 0.00000196. The van der Waals surface area contributed by atoms with Crippen molar-refractivity contribution in [3.05, 3.63) is 23.8 Å². The van der Waals surface area contributed by atoms with Crippen LogP contribution in [-0.2, 0) is 11.2 Å². The predicted molar refractivity (Wildman–Crippen MR) is 103 cm³/mol. The zero-order valence-electron chi connectivity index (χ0n) is 15.3. The Morgan fingerprint density at radius 1 is 1.27 bits per heavy atom. The highest BCUT2D eigenvalue weighted by Crippen LogP contribution is 2.40. The van der Waals surface area contributed by atoms with Gasteiger partial charge in [-0.05, 0) is 67.7 Å². The van der Waals surface area contributed by atoms with Gasteiger partial charge in [-0.15, -0.1) is 12.4 Å². The van der Waals surface area contributed by atoms with E-state index >= 15 is 0 Å². The molecule has 1 aromatic rings. The number of carbonyl (C=O) groups is 1. The highest BCUT2D eigenvalue weighted by atomic mass is 35.5. The van der Waals surface area contributed by atoms with Crippen molar-refractivity contribution in [1.82, 2.24) is 5.32 Å². The van der Waals surface area contributed by atoms with Gasteiger partial charge in [0.2, 0.25) is 5.91 Å². The lowest BCUT2D eigenvalue weighted by atomic mass is 9.67. The Morgan fingerprint density at radius 3 is 2.69 bits per heavy atom. The third-order valence-corrected chi connectivity index (χ3v) is 6.23. The molecule has 144 valence electrons. The van der Waals surface area contributed by atoms with Gasteiger partial charge in [0.25, 0.3) is 0 Å². The van der Waals surface area contributed by atoms with Gasteiger partial charge in [-0.3, -0.25) is 4.79 Å². The molecule has 1 aliphatic heterocycles. The van der Waals surface area contributed by atoms with Crippen LogP contribution in [-0.4, -0.2) is 31.7 Å². The average molecular weight is 381 g/mol. The number of carbonyl (C=O) groups excluding carboxylic acids is 1. The van der Waals surface area contributed by atoms with Gasteiger partial charge in [0.05, 0.1) is 13.0 Å². The van der Waals surface area contributed by atoms with Crippen LogP contribution in [0.15, 0.2) is 18.2 Å². The fourth-order valence-electron chi connectivity index (χ4n) is 4.97. The van der Waals surface area contributed by atoms with Gasteiger partial charge in [0, 0.05) is 12.1 Å². The molecule has 0 saturated heterocycles. The topological polar surface area (TPSA) is 73.6 Å². The van der Waals surface area contributed by atoms with E-state index in [1.807, 2.05) is 18.2 Å². The van der Waals surface area contributed by atoms with E-state index in [2.05, 4.69) is 5.32 Å². The molecule has 0 aromatic heterocycles. The summed E-state index contributed by atoms with van der Waals surface area (Å²) in [4.78, 5) is 12.9. The Bertz CT molecular complexity index is 640. The largest absolute Gasteiger partial charge is 0.497 e. The van der Waals surface area contributed by atoms with Gasteiger partial charge >= 0.3 is 0 Å². The highest BCUT2D eigenvalue weighted by Gasteiger charge is 2.41. The van der Waals surface area contributed by atoms with Crippen molar-refractivity contribution in [2.75, 3.05) is 13.7 Å². The van der Waals surface area contributed by atoms with E-state index in [0.717, 1.165) is 29.9 Å². The molecule has 0 spiro atoms. The first kappa shape index (κ1) is 19.3. The molecule has 1 amide bonds. The van der Waals surface area contributed by atoms with E-state index in [0.29, 0.717) is 36.9 Å². The molecule has 0 radical (unpaired) electrons. The molecule has 2 bridgehead atoms. The molecule has 3 atom stereocenters. The van der Waals surface area contributed by atoms with Crippen LogP contribution in [0.25, 0.3) is 0 Å². The summed E-state index contributed by atoms with van der Waals surface area (Å²) in [5, 5.41) is 3.36. The molecule has 26 heavy (non-hydrogen) atoms. The second-order valence-electron chi connectivity index (χ2n) is 7.90. The van der Waals surface area contributed by atoms with E-state index < -0.39 is 0 Å². The first-order chi connectivity index (χ1) is 12.1. The summed E-state index contributed by atoms with van der Waals surface area (Å²) < 4.78 is 11.1. The molecular weight excluding hydrogens is 352 g/mol. The van der Waals surface area contributed by atoms with Crippen LogP contribution in [0, 0.1) is 17.8 Å². The first-order valence-corrected chi connectivity index (χ1v) is 9.49. The number of hydrogen-bond donors (Lipinski definition) is 2. The van der Waals surface area contributed by atoms with Crippen molar-refractivity contribution in [3.63, 3.8) is 0 Å². The number of nitrogens with two attached hydrogens (primary N) is 1. The first-order valence-electron chi connectivity index (χ1n) is 9.49. The van der Waals surface area contributed by atoms with Crippen LogP contribution in [0.1, 0.15) is 37.7 Å². The third kappa shape index (κ3) is 3.79. The SMILES string of the molecule is COc1ccc2c(c1)CC(C(=O)NC1C3CCCC1CC(N)C3)CO2.Cl. The summed E-state index contributed by atoms with van der Waals surface area (Å²) in [6.45, 7) is 0.451. The Hall–Kier alpha value is -1.46. The van der Waals surface area contributed by atoms with Crippen LogP contribution in [0.5, 0.6) is 11.5 Å². The Morgan fingerprint density at radius 2 is 2.00 bits per heavy atom. The summed E-state index contributed by atoms with van der Waals surface area (Å²) in [5.41, 5.74) is 7.25. The lowest BCUT2D eigenvalue weighted by Gasteiger charge is -2.45. The molecule has 3 aliphatic rings. The number of nitrogens with one attached hydrogen (secondary N) is 1. The van der Waals surface area contributed by atoms with Crippen molar-refractivity contribution in [3.8, 4) is 11.5 Å². The fraction of sp³-hybridized carbons (Fsp3) is 0.650. The van der Waals surface area contributed by atoms with Crippen molar-refractivity contribution < 1.29 is 14.3 Å². The summed E-state index contributed by atoms with van der Waals surface area (Å²) in [6, 6.07) is 6.40. The van der Waals surface area contributed by atoms with E-state index in [1.165, 1.54) is 19.3 Å². The maximum Gasteiger partial charge on any atom is 0.227 e. The summed E-state index contributed by atoms with van der Waals surface area (Å²) in [6.07, 6.45) is 6.45. The van der Waals surface area contributed by atoms with Crippen molar-refractivity contribution in [2.24, 2.45) is 23.5 Å². The van der Waals surface area contributed by atoms with Crippen LogP contribution >= 0.6 is 12.4 Å². The summed E-state index contributed by atoms with van der Waals surface area (Å²) >= 11 is 0. The van der Waals surface area contributed by atoms with E-state index in [-0.39, 0.29) is 24.2 Å². The van der Waals surface area contributed by atoms with Crippen LogP contribution in [0.3, 0.4) is 0 Å². The maximum atomic E-state index is 12.9. The monoisotopic (exact) mass is 380 g/mol. The standard InChI is InChI=1S/C20H28N2O3.ClH/c1-24-17-5-6-18-14(10-17)7-15(11-25-18)20(23)22-19-12-3-2-4-13(19)9-16(21)8-12;/h5-6,10,12-13,15-16,19H,2-4,7-9,11,21H2,1H3,(H,22,23);1H. The molecule has 1 aromatic carbocycles. The predicted octanol–water partition coefficient (Wildman–Crippen LogP) is 2.69. The zero-order chi connectivity index (χ0) is 17.4. The minimum atomic E-state index is -0.129. The Labute approximate surface area is 161 Å².